The summed E-state index contributed by atoms with van der Waals surface area (Å²) in [6, 6.07) is 11.0. The van der Waals surface area contributed by atoms with Crippen molar-refractivity contribution in [2.24, 2.45) is 5.73 Å². The maximum absolute atomic E-state index is 12.4. The van der Waals surface area contributed by atoms with Crippen molar-refractivity contribution in [2.45, 2.75) is 56.0 Å². The molecule has 1 aromatic rings. The molecular weight excluding hydrogens is 276 g/mol. The zero-order chi connectivity index (χ0) is 15.4. The maximum atomic E-state index is 12.4. The summed E-state index contributed by atoms with van der Waals surface area (Å²) in [5.41, 5.74) is 6.94. The highest BCUT2D eigenvalue weighted by molar-refractivity contribution is 5.86. The number of carbonyl (C=O) groups is 1. The van der Waals surface area contributed by atoms with Gasteiger partial charge in [-0.15, -0.1) is 0 Å². The van der Waals surface area contributed by atoms with E-state index in [9.17, 15) is 4.79 Å². The molecular formula is C18H26N2O2. The van der Waals surface area contributed by atoms with E-state index in [-0.39, 0.29) is 11.9 Å². The van der Waals surface area contributed by atoms with Crippen molar-refractivity contribution in [3.05, 3.63) is 35.9 Å². The normalized spacial score (nSPS) is 28.0. The number of ether oxygens (including phenoxy) is 1. The van der Waals surface area contributed by atoms with Crippen LogP contribution in [-0.2, 0) is 9.53 Å². The van der Waals surface area contributed by atoms with Gasteiger partial charge in [0.2, 0.25) is 5.91 Å². The van der Waals surface area contributed by atoms with Gasteiger partial charge in [0.05, 0.1) is 5.54 Å². The van der Waals surface area contributed by atoms with Crippen molar-refractivity contribution in [3.63, 3.8) is 0 Å². The summed E-state index contributed by atoms with van der Waals surface area (Å²) in [7, 11) is 0. The smallest absolute Gasteiger partial charge is 0.240 e. The van der Waals surface area contributed by atoms with Crippen LogP contribution in [0.4, 0.5) is 0 Å². The Morgan fingerprint density at radius 1 is 1.09 bits per heavy atom. The molecule has 1 aliphatic heterocycles. The van der Waals surface area contributed by atoms with Gasteiger partial charge in [0.1, 0.15) is 0 Å². The molecule has 1 aliphatic carbocycles. The minimum atomic E-state index is -0.728. The summed E-state index contributed by atoms with van der Waals surface area (Å²) in [5.74, 6) is 0.642. The Balaban J connectivity index is 1.50. The number of rotatable bonds is 3. The average molecular weight is 302 g/mol. The Labute approximate surface area is 132 Å². The molecule has 2 aliphatic rings. The van der Waals surface area contributed by atoms with E-state index in [4.69, 9.17) is 10.5 Å². The summed E-state index contributed by atoms with van der Waals surface area (Å²) in [5, 5.41) is 3.18. The van der Waals surface area contributed by atoms with Gasteiger partial charge in [-0.3, -0.25) is 4.79 Å². The van der Waals surface area contributed by atoms with Gasteiger partial charge in [0, 0.05) is 19.3 Å². The number of hydrogen-bond acceptors (Lipinski definition) is 3. The molecule has 0 aromatic heterocycles. The summed E-state index contributed by atoms with van der Waals surface area (Å²) in [4.78, 5) is 12.4. The molecule has 0 atom stereocenters. The van der Waals surface area contributed by atoms with Gasteiger partial charge >= 0.3 is 0 Å². The molecule has 22 heavy (non-hydrogen) atoms. The minimum absolute atomic E-state index is 0.0129. The molecule has 4 heteroatoms. The van der Waals surface area contributed by atoms with Gasteiger partial charge < -0.3 is 15.8 Å². The highest BCUT2D eigenvalue weighted by Crippen LogP contribution is 2.33. The first-order valence-electron chi connectivity index (χ1n) is 8.40. The van der Waals surface area contributed by atoms with Crippen LogP contribution in [0.25, 0.3) is 0 Å². The Hall–Kier alpha value is -1.39. The predicted molar refractivity (Wildman–Crippen MR) is 86.6 cm³/mol. The van der Waals surface area contributed by atoms with E-state index in [0.717, 1.165) is 25.7 Å². The van der Waals surface area contributed by atoms with Crippen LogP contribution in [0.2, 0.25) is 0 Å². The lowest BCUT2D eigenvalue weighted by atomic mass is 9.81. The standard InChI is InChI=1S/C18H26N2O2/c19-18(10-12-22-13-11-18)17(21)20-16-8-6-15(7-9-16)14-4-2-1-3-5-14/h1-5,15-16H,6-13,19H2,(H,20,21). The predicted octanol–water partition coefficient (Wildman–Crippen LogP) is 2.34. The third-order valence-corrected chi connectivity index (χ3v) is 5.17. The lowest BCUT2D eigenvalue weighted by Crippen LogP contribution is -2.58. The Bertz CT molecular complexity index is 489. The summed E-state index contributed by atoms with van der Waals surface area (Å²) in [6.07, 6.45) is 5.59. The van der Waals surface area contributed by atoms with E-state index in [2.05, 4.69) is 35.6 Å². The molecule has 3 N–H and O–H groups in total. The van der Waals surface area contributed by atoms with Crippen molar-refractivity contribution < 1.29 is 9.53 Å². The van der Waals surface area contributed by atoms with Crippen molar-refractivity contribution in [1.82, 2.24) is 5.32 Å². The van der Waals surface area contributed by atoms with E-state index in [1.54, 1.807) is 0 Å². The molecule has 1 heterocycles. The van der Waals surface area contributed by atoms with E-state index in [1.807, 2.05) is 0 Å². The van der Waals surface area contributed by atoms with Crippen LogP contribution in [0.5, 0.6) is 0 Å². The number of hydrogen-bond donors (Lipinski definition) is 2. The molecule has 1 saturated heterocycles. The lowest BCUT2D eigenvalue weighted by Gasteiger charge is -2.35. The highest BCUT2D eigenvalue weighted by atomic mass is 16.5. The first-order valence-corrected chi connectivity index (χ1v) is 8.40. The molecule has 0 unspecified atom stereocenters. The van der Waals surface area contributed by atoms with Gasteiger partial charge in [0.25, 0.3) is 0 Å². The zero-order valence-corrected chi connectivity index (χ0v) is 13.1. The Morgan fingerprint density at radius 2 is 1.73 bits per heavy atom. The summed E-state index contributed by atoms with van der Waals surface area (Å²) >= 11 is 0. The molecule has 120 valence electrons. The van der Waals surface area contributed by atoms with Crippen LogP contribution in [0.15, 0.2) is 30.3 Å². The molecule has 0 spiro atoms. The monoisotopic (exact) mass is 302 g/mol. The van der Waals surface area contributed by atoms with Crippen molar-refractivity contribution in [2.75, 3.05) is 13.2 Å². The molecule has 4 nitrogen and oxygen atoms in total. The zero-order valence-electron chi connectivity index (χ0n) is 13.1. The van der Waals surface area contributed by atoms with E-state index < -0.39 is 5.54 Å². The lowest BCUT2D eigenvalue weighted by molar-refractivity contribution is -0.130. The van der Waals surface area contributed by atoms with E-state index in [1.165, 1.54) is 5.56 Å². The van der Waals surface area contributed by atoms with Gasteiger partial charge in [-0.1, -0.05) is 30.3 Å². The molecule has 0 radical (unpaired) electrons. The second kappa shape index (κ2) is 6.80. The fraction of sp³-hybridized carbons (Fsp3) is 0.611. The topological polar surface area (TPSA) is 64.4 Å². The Kier molecular flexibility index (Phi) is 4.79. The van der Waals surface area contributed by atoms with Crippen molar-refractivity contribution in [1.29, 1.82) is 0 Å². The van der Waals surface area contributed by atoms with Crippen LogP contribution in [0.3, 0.4) is 0 Å². The number of amides is 1. The second-order valence-corrected chi connectivity index (χ2v) is 6.70. The van der Waals surface area contributed by atoms with Gasteiger partial charge in [-0.05, 0) is 50.0 Å². The van der Waals surface area contributed by atoms with Crippen LogP contribution < -0.4 is 11.1 Å². The third-order valence-electron chi connectivity index (χ3n) is 5.17. The minimum Gasteiger partial charge on any atom is -0.381 e. The quantitative estimate of drug-likeness (QED) is 0.901. The number of nitrogens with one attached hydrogen (secondary N) is 1. The molecule has 1 amide bonds. The molecule has 1 saturated carbocycles. The molecule has 0 bridgehead atoms. The summed E-state index contributed by atoms with van der Waals surface area (Å²) in [6.45, 7) is 1.18. The highest BCUT2D eigenvalue weighted by Gasteiger charge is 2.37. The van der Waals surface area contributed by atoms with E-state index >= 15 is 0 Å². The van der Waals surface area contributed by atoms with Crippen molar-refractivity contribution >= 4 is 5.91 Å². The van der Waals surface area contributed by atoms with Crippen LogP contribution in [0, 0.1) is 0 Å². The fourth-order valence-corrected chi connectivity index (χ4v) is 3.59. The second-order valence-electron chi connectivity index (χ2n) is 6.70. The Morgan fingerprint density at radius 3 is 2.36 bits per heavy atom. The van der Waals surface area contributed by atoms with E-state index in [0.29, 0.717) is 32.0 Å². The number of nitrogens with two attached hydrogens (primary N) is 1. The van der Waals surface area contributed by atoms with Gasteiger partial charge in [-0.2, -0.15) is 0 Å². The summed E-state index contributed by atoms with van der Waals surface area (Å²) < 4.78 is 5.31. The van der Waals surface area contributed by atoms with Crippen LogP contribution >= 0.6 is 0 Å². The largest absolute Gasteiger partial charge is 0.381 e. The first-order chi connectivity index (χ1) is 10.7. The average Bonchev–Trinajstić information content (AvgIpc) is 2.57. The SMILES string of the molecule is NC1(C(=O)NC2CCC(c3ccccc3)CC2)CCOCC1. The third kappa shape index (κ3) is 3.50. The maximum Gasteiger partial charge on any atom is 0.240 e. The van der Waals surface area contributed by atoms with Gasteiger partial charge in [0.15, 0.2) is 0 Å². The number of benzene rings is 1. The molecule has 1 aromatic carbocycles. The molecule has 2 fully saturated rings. The first kappa shape index (κ1) is 15.5. The fourth-order valence-electron chi connectivity index (χ4n) is 3.59. The molecule has 3 rings (SSSR count). The van der Waals surface area contributed by atoms with Crippen LogP contribution in [0.1, 0.15) is 50.0 Å². The number of carbonyl (C=O) groups excluding carboxylic acids is 1. The van der Waals surface area contributed by atoms with Crippen LogP contribution in [-0.4, -0.2) is 30.7 Å². The van der Waals surface area contributed by atoms with Gasteiger partial charge in [-0.25, -0.2) is 0 Å². The van der Waals surface area contributed by atoms with Crippen molar-refractivity contribution in [3.8, 4) is 0 Å².